The van der Waals surface area contributed by atoms with Crippen LogP contribution in [0, 0.1) is 0 Å². The normalized spacial score (nSPS) is 28.2. The summed E-state index contributed by atoms with van der Waals surface area (Å²) < 4.78 is 8.46. The Kier molecular flexibility index (Phi) is 3.28. The zero-order chi connectivity index (χ0) is 16.3. The van der Waals surface area contributed by atoms with Crippen LogP contribution in [0.15, 0.2) is 21.9 Å². The lowest BCUT2D eigenvalue weighted by Crippen LogP contribution is -2.33. The summed E-state index contributed by atoms with van der Waals surface area (Å²) in [7, 11) is 0. The predicted octanol–water partition coefficient (Wildman–Crippen LogP) is -1.25. The van der Waals surface area contributed by atoms with Crippen LogP contribution < -0.4 is 5.56 Å². The summed E-state index contributed by atoms with van der Waals surface area (Å²) in [5.74, 6) is 0.308. The molecule has 4 rings (SSSR count). The lowest BCUT2D eigenvalue weighted by molar-refractivity contribution is -0.0521. The molecule has 122 valence electrons. The van der Waals surface area contributed by atoms with E-state index in [-0.39, 0.29) is 21.5 Å². The molecule has 0 aromatic carbocycles. The average Bonchev–Trinajstić information content (AvgIpc) is 3.19. The Balaban J connectivity index is 1.95. The molecule has 0 spiro atoms. The number of aliphatic hydroxyl groups excluding tert-OH is 3. The van der Waals surface area contributed by atoms with Gasteiger partial charge >= 0.3 is 0 Å². The number of rotatable bonds is 2. The van der Waals surface area contributed by atoms with Crippen molar-refractivity contribution in [2.24, 2.45) is 0 Å². The van der Waals surface area contributed by atoms with Gasteiger partial charge in [-0.2, -0.15) is 0 Å². The van der Waals surface area contributed by atoms with Crippen molar-refractivity contribution in [2.45, 2.75) is 24.5 Å². The van der Waals surface area contributed by atoms with Crippen molar-refractivity contribution >= 4 is 32.9 Å². The third-order valence-corrected chi connectivity index (χ3v) is 4.49. The third-order valence-electron chi connectivity index (χ3n) is 3.93. The second-order valence-electron chi connectivity index (χ2n) is 5.23. The molecule has 23 heavy (non-hydrogen) atoms. The monoisotopic (exact) mass is 385 g/mol. The Morgan fingerprint density at radius 2 is 2.17 bits per heavy atom. The molecule has 3 aromatic rings. The van der Waals surface area contributed by atoms with Crippen LogP contribution in [0.1, 0.15) is 6.23 Å². The van der Waals surface area contributed by atoms with Crippen molar-refractivity contribution in [2.75, 3.05) is 6.61 Å². The summed E-state index contributed by atoms with van der Waals surface area (Å²) in [5.41, 5.74) is 0.0352. The maximum absolute atomic E-state index is 12.4. The summed E-state index contributed by atoms with van der Waals surface area (Å²) >= 11 is 3.23. The number of ether oxygens (including phenoxy) is 1. The molecule has 0 saturated carbocycles. The van der Waals surface area contributed by atoms with Gasteiger partial charge in [-0.25, -0.2) is 14.4 Å². The highest BCUT2D eigenvalue weighted by molar-refractivity contribution is 9.10. The van der Waals surface area contributed by atoms with E-state index >= 15 is 0 Å². The molecule has 1 aliphatic heterocycles. The summed E-state index contributed by atoms with van der Waals surface area (Å²) in [6.07, 6.45) is -1.52. The van der Waals surface area contributed by atoms with E-state index in [0.29, 0.717) is 5.78 Å². The minimum Gasteiger partial charge on any atom is -0.394 e. The first-order valence-corrected chi connectivity index (χ1v) is 7.57. The highest BCUT2D eigenvalue weighted by Gasteiger charge is 2.44. The van der Waals surface area contributed by atoms with Gasteiger partial charge in [-0.15, -0.1) is 0 Å². The van der Waals surface area contributed by atoms with Gasteiger partial charge in [-0.05, 0) is 15.9 Å². The Morgan fingerprint density at radius 1 is 1.39 bits per heavy atom. The number of halogens is 1. The molecule has 0 radical (unpaired) electrons. The lowest BCUT2D eigenvalue weighted by Gasteiger charge is -2.17. The molecule has 4 heterocycles. The quantitative estimate of drug-likeness (QED) is 0.404. The Bertz CT molecular complexity index is 949. The minimum atomic E-state index is -1.29. The van der Waals surface area contributed by atoms with Crippen molar-refractivity contribution in [3.8, 4) is 0 Å². The fraction of sp³-hybridized carbons (Fsp3) is 0.417. The first-order chi connectivity index (χ1) is 11.0. The van der Waals surface area contributed by atoms with Gasteiger partial charge in [0.25, 0.3) is 5.56 Å². The smallest absolute Gasteiger partial charge is 0.287 e. The van der Waals surface area contributed by atoms with Gasteiger partial charge in [0, 0.05) is 12.4 Å². The molecule has 10 nitrogen and oxygen atoms in total. The van der Waals surface area contributed by atoms with E-state index in [9.17, 15) is 20.1 Å². The van der Waals surface area contributed by atoms with Crippen LogP contribution >= 0.6 is 15.9 Å². The zero-order valence-corrected chi connectivity index (χ0v) is 13.1. The topological polar surface area (TPSA) is 138 Å². The second kappa shape index (κ2) is 5.11. The van der Waals surface area contributed by atoms with Gasteiger partial charge in [0.2, 0.25) is 5.78 Å². The number of fused-ring (bicyclic) bond motifs is 2. The number of aliphatic hydroxyl groups is 3. The number of aromatic nitrogens is 5. The van der Waals surface area contributed by atoms with Crippen LogP contribution in [0.4, 0.5) is 0 Å². The fourth-order valence-electron chi connectivity index (χ4n) is 2.78. The SMILES string of the molecule is O=c1c2nc(Br)n([C@@H]3O[C@H](CO)[C@@H](O)[C@H]3O)c2[nH]c2nccn12. The van der Waals surface area contributed by atoms with E-state index in [1.54, 1.807) is 0 Å². The van der Waals surface area contributed by atoms with E-state index in [4.69, 9.17) is 4.74 Å². The van der Waals surface area contributed by atoms with Gasteiger partial charge in [0.15, 0.2) is 16.5 Å². The van der Waals surface area contributed by atoms with Gasteiger partial charge in [0.05, 0.1) is 6.61 Å². The molecular formula is C12H12BrN5O5. The molecule has 0 amide bonds. The van der Waals surface area contributed by atoms with Gasteiger partial charge in [0.1, 0.15) is 24.0 Å². The largest absolute Gasteiger partial charge is 0.394 e. The number of H-pyrrole nitrogens is 1. The molecule has 1 saturated heterocycles. The van der Waals surface area contributed by atoms with Gasteiger partial charge in [-0.1, -0.05) is 0 Å². The first kappa shape index (κ1) is 14.8. The number of hydrogen-bond donors (Lipinski definition) is 4. The number of nitrogens with one attached hydrogen (secondary N) is 1. The van der Waals surface area contributed by atoms with Crippen LogP contribution in [0.5, 0.6) is 0 Å². The van der Waals surface area contributed by atoms with Crippen molar-refractivity contribution in [1.82, 2.24) is 23.9 Å². The van der Waals surface area contributed by atoms with Crippen LogP contribution in [0.3, 0.4) is 0 Å². The number of aromatic amines is 1. The van der Waals surface area contributed by atoms with Gasteiger partial charge < -0.3 is 25.0 Å². The lowest BCUT2D eigenvalue weighted by atomic mass is 10.1. The molecular weight excluding hydrogens is 374 g/mol. The Labute approximate surface area is 136 Å². The zero-order valence-electron chi connectivity index (χ0n) is 11.5. The van der Waals surface area contributed by atoms with Crippen LogP contribution in [0.2, 0.25) is 0 Å². The van der Waals surface area contributed by atoms with E-state index in [0.717, 1.165) is 0 Å². The molecule has 4 N–H and O–H groups in total. The second-order valence-corrected chi connectivity index (χ2v) is 5.94. The first-order valence-electron chi connectivity index (χ1n) is 6.78. The van der Waals surface area contributed by atoms with Crippen molar-refractivity contribution in [3.63, 3.8) is 0 Å². The fourth-order valence-corrected chi connectivity index (χ4v) is 3.34. The third kappa shape index (κ3) is 1.98. The van der Waals surface area contributed by atoms with Crippen molar-refractivity contribution in [1.29, 1.82) is 0 Å². The highest BCUT2D eigenvalue weighted by Crippen LogP contribution is 2.33. The molecule has 0 aliphatic carbocycles. The summed E-state index contributed by atoms with van der Waals surface area (Å²) in [5, 5.41) is 29.3. The van der Waals surface area contributed by atoms with E-state index in [2.05, 4.69) is 30.9 Å². The Morgan fingerprint density at radius 3 is 2.87 bits per heavy atom. The van der Waals surface area contributed by atoms with Crippen LogP contribution in [-0.2, 0) is 4.74 Å². The van der Waals surface area contributed by atoms with Gasteiger partial charge in [-0.3, -0.25) is 9.36 Å². The van der Waals surface area contributed by atoms with E-state index in [1.807, 2.05) is 0 Å². The number of nitrogens with zero attached hydrogens (tertiary/aromatic N) is 4. The predicted molar refractivity (Wildman–Crippen MR) is 79.8 cm³/mol. The molecule has 1 aliphatic rings. The van der Waals surface area contributed by atoms with Crippen LogP contribution in [-0.4, -0.2) is 64.2 Å². The maximum Gasteiger partial charge on any atom is 0.287 e. The number of imidazole rings is 2. The van der Waals surface area contributed by atoms with E-state index < -0.39 is 31.1 Å². The molecule has 3 aromatic heterocycles. The molecule has 11 heteroatoms. The standard InChI is InChI=1S/C12H12BrN5O5/c13-11-15-5-8(16-12-14-1-2-17(12)9(5)22)18(11)10-7(21)6(20)4(3-19)23-10/h1-2,4,6-7,10,19-21H,3H2,(H,14,16)/t4-,6-,7-,10-/m1/s1. The highest BCUT2D eigenvalue weighted by atomic mass is 79.9. The summed E-state index contributed by atoms with van der Waals surface area (Å²) in [6, 6.07) is 0. The van der Waals surface area contributed by atoms with Crippen LogP contribution in [0.25, 0.3) is 16.9 Å². The molecule has 1 fully saturated rings. The Hall–Kier alpha value is -1.79. The van der Waals surface area contributed by atoms with E-state index in [1.165, 1.54) is 21.4 Å². The molecule has 4 atom stereocenters. The maximum atomic E-state index is 12.4. The molecule has 0 unspecified atom stereocenters. The number of hydrogen-bond acceptors (Lipinski definition) is 7. The summed E-state index contributed by atoms with van der Waals surface area (Å²) in [6.45, 7) is -0.444. The van der Waals surface area contributed by atoms with Crippen molar-refractivity contribution in [3.05, 3.63) is 27.5 Å². The average molecular weight is 386 g/mol. The van der Waals surface area contributed by atoms with Crippen molar-refractivity contribution < 1.29 is 20.1 Å². The molecule has 0 bridgehead atoms. The minimum absolute atomic E-state index is 0.125. The summed E-state index contributed by atoms with van der Waals surface area (Å²) in [4.78, 5) is 23.5.